The molecule has 0 spiro atoms. The number of nitrogen functional groups attached to an aromatic ring is 1. The van der Waals surface area contributed by atoms with Gasteiger partial charge < -0.3 is 16.4 Å². The topological polar surface area (TPSA) is 67.2 Å². The summed E-state index contributed by atoms with van der Waals surface area (Å²) in [6.07, 6.45) is 0.954. The molecule has 0 aliphatic carbocycles. The number of carbonyl (C=O) groups is 1. The van der Waals surface area contributed by atoms with Crippen molar-refractivity contribution in [1.82, 2.24) is 5.32 Å². The molecule has 0 bridgehead atoms. The van der Waals surface area contributed by atoms with E-state index in [2.05, 4.69) is 35.1 Å². The molecule has 2 aromatic rings. The van der Waals surface area contributed by atoms with E-state index in [1.165, 1.54) is 4.88 Å². The first kappa shape index (κ1) is 15.4. The third-order valence-corrected chi connectivity index (χ3v) is 4.04. The Morgan fingerprint density at radius 1 is 1.38 bits per heavy atom. The molecule has 5 heteroatoms. The van der Waals surface area contributed by atoms with Crippen LogP contribution in [-0.4, -0.2) is 18.5 Å². The number of rotatable bonds is 6. The number of anilines is 2. The Morgan fingerprint density at radius 3 is 2.81 bits per heavy atom. The first-order chi connectivity index (χ1) is 10.1. The van der Waals surface area contributed by atoms with Gasteiger partial charge in [-0.1, -0.05) is 6.07 Å². The minimum atomic E-state index is -0.0950. The summed E-state index contributed by atoms with van der Waals surface area (Å²) in [6, 6.07) is 9.84. The second-order valence-electron chi connectivity index (χ2n) is 4.99. The van der Waals surface area contributed by atoms with Crippen molar-refractivity contribution in [1.29, 1.82) is 0 Å². The number of carbonyl (C=O) groups excluding carboxylic acids is 1. The molecule has 1 aromatic heterocycles. The summed E-state index contributed by atoms with van der Waals surface area (Å²) in [5, 5.41) is 8.24. The van der Waals surface area contributed by atoms with Crippen LogP contribution in [0.1, 0.15) is 29.1 Å². The van der Waals surface area contributed by atoms with Crippen LogP contribution in [0.5, 0.6) is 0 Å². The molecule has 4 nitrogen and oxygen atoms in total. The van der Waals surface area contributed by atoms with Crippen molar-refractivity contribution in [2.24, 2.45) is 0 Å². The van der Waals surface area contributed by atoms with E-state index in [9.17, 15) is 4.79 Å². The molecule has 21 heavy (non-hydrogen) atoms. The summed E-state index contributed by atoms with van der Waals surface area (Å²) in [5.41, 5.74) is 8.09. The van der Waals surface area contributed by atoms with Crippen LogP contribution in [0.25, 0.3) is 0 Å². The molecule has 1 atom stereocenters. The Hall–Kier alpha value is -2.01. The SMILES string of the molecule is CCNC(=O)c1ccc(NC(C)Cc2cccs2)c(N)c1. The fourth-order valence-corrected chi connectivity index (χ4v) is 2.98. The summed E-state index contributed by atoms with van der Waals surface area (Å²) in [4.78, 5) is 13.1. The summed E-state index contributed by atoms with van der Waals surface area (Å²) >= 11 is 1.75. The fourth-order valence-electron chi connectivity index (χ4n) is 2.15. The molecule has 0 saturated heterocycles. The second-order valence-corrected chi connectivity index (χ2v) is 6.02. The van der Waals surface area contributed by atoms with E-state index in [1.54, 1.807) is 23.5 Å². The van der Waals surface area contributed by atoms with Crippen LogP contribution in [0.15, 0.2) is 35.7 Å². The van der Waals surface area contributed by atoms with Crippen LogP contribution in [0, 0.1) is 0 Å². The highest BCUT2D eigenvalue weighted by Gasteiger charge is 2.10. The van der Waals surface area contributed by atoms with Crippen LogP contribution < -0.4 is 16.4 Å². The first-order valence-corrected chi connectivity index (χ1v) is 7.94. The number of nitrogens with two attached hydrogens (primary N) is 1. The van der Waals surface area contributed by atoms with Crippen LogP contribution in [0.2, 0.25) is 0 Å². The number of hydrogen-bond donors (Lipinski definition) is 3. The third-order valence-electron chi connectivity index (χ3n) is 3.14. The van der Waals surface area contributed by atoms with E-state index >= 15 is 0 Å². The zero-order chi connectivity index (χ0) is 15.2. The van der Waals surface area contributed by atoms with Gasteiger partial charge in [0.2, 0.25) is 0 Å². The molecule has 0 saturated carbocycles. The van der Waals surface area contributed by atoms with Crippen molar-refractivity contribution in [2.75, 3.05) is 17.6 Å². The third kappa shape index (κ3) is 4.23. The minimum Gasteiger partial charge on any atom is -0.397 e. The molecule has 4 N–H and O–H groups in total. The van der Waals surface area contributed by atoms with Gasteiger partial charge >= 0.3 is 0 Å². The fraction of sp³-hybridized carbons (Fsp3) is 0.312. The van der Waals surface area contributed by atoms with Gasteiger partial charge in [0.25, 0.3) is 5.91 Å². The molecular formula is C16H21N3OS. The van der Waals surface area contributed by atoms with Gasteiger partial charge in [-0.05, 0) is 43.5 Å². The van der Waals surface area contributed by atoms with Gasteiger partial charge in [0.15, 0.2) is 0 Å². The Bertz CT molecular complexity index is 596. The van der Waals surface area contributed by atoms with E-state index in [0.717, 1.165) is 12.1 Å². The molecular weight excluding hydrogens is 282 g/mol. The lowest BCUT2D eigenvalue weighted by Crippen LogP contribution is -2.23. The first-order valence-electron chi connectivity index (χ1n) is 7.06. The molecule has 2 rings (SSSR count). The van der Waals surface area contributed by atoms with E-state index in [4.69, 9.17) is 5.73 Å². The van der Waals surface area contributed by atoms with Crippen molar-refractivity contribution in [3.63, 3.8) is 0 Å². The van der Waals surface area contributed by atoms with Crippen LogP contribution in [0.3, 0.4) is 0 Å². The van der Waals surface area contributed by atoms with Gasteiger partial charge in [0, 0.05) is 29.4 Å². The standard InChI is InChI=1S/C16H21N3OS/c1-3-18-16(20)12-6-7-15(14(17)10-12)19-11(2)9-13-5-4-8-21-13/h4-8,10-11,19H,3,9,17H2,1-2H3,(H,18,20). The van der Waals surface area contributed by atoms with E-state index in [1.807, 2.05) is 13.0 Å². The van der Waals surface area contributed by atoms with Crippen LogP contribution >= 0.6 is 11.3 Å². The van der Waals surface area contributed by atoms with Gasteiger partial charge in [-0.3, -0.25) is 4.79 Å². The number of nitrogens with one attached hydrogen (secondary N) is 2. The van der Waals surface area contributed by atoms with Gasteiger partial charge in [-0.15, -0.1) is 11.3 Å². The van der Waals surface area contributed by atoms with Gasteiger partial charge in [0.1, 0.15) is 0 Å². The van der Waals surface area contributed by atoms with Crippen molar-refractivity contribution in [3.8, 4) is 0 Å². The monoisotopic (exact) mass is 303 g/mol. The number of benzene rings is 1. The Kier molecular flexibility index (Phi) is 5.22. The highest BCUT2D eigenvalue weighted by atomic mass is 32.1. The van der Waals surface area contributed by atoms with Gasteiger partial charge in [-0.25, -0.2) is 0 Å². The summed E-state index contributed by atoms with van der Waals surface area (Å²) < 4.78 is 0. The van der Waals surface area contributed by atoms with E-state index < -0.39 is 0 Å². The molecule has 0 aliphatic rings. The molecule has 1 aromatic carbocycles. The lowest BCUT2D eigenvalue weighted by Gasteiger charge is -2.16. The number of hydrogen-bond acceptors (Lipinski definition) is 4. The molecule has 1 heterocycles. The molecule has 0 fully saturated rings. The van der Waals surface area contributed by atoms with Gasteiger partial charge in [0.05, 0.1) is 11.4 Å². The van der Waals surface area contributed by atoms with Crippen molar-refractivity contribution < 1.29 is 4.79 Å². The molecule has 112 valence electrons. The molecule has 1 amide bonds. The van der Waals surface area contributed by atoms with E-state index in [0.29, 0.717) is 17.8 Å². The molecule has 0 radical (unpaired) electrons. The maximum absolute atomic E-state index is 11.8. The predicted octanol–water partition coefficient (Wildman–Crippen LogP) is 3.12. The maximum Gasteiger partial charge on any atom is 0.251 e. The summed E-state index contributed by atoms with van der Waals surface area (Å²) in [6.45, 7) is 4.62. The molecule has 0 aliphatic heterocycles. The van der Waals surface area contributed by atoms with Crippen molar-refractivity contribution in [2.45, 2.75) is 26.3 Å². The van der Waals surface area contributed by atoms with Gasteiger partial charge in [-0.2, -0.15) is 0 Å². The smallest absolute Gasteiger partial charge is 0.251 e. The lowest BCUT2D eigenvalue weighted by atomic mass is 10.1. The highest BCUT2D eigenvalue weighted by molar-refractivity contribution is 7.09. The maximum atomic E-state index is 11.8. The van der Waals surface area contributed by atoms with Crippen LogP contribution in [0.4, 0.5) is 11.4 Å². The Morgan fingerprint density at radius 2 is 2.19 bits per heavy atom. The minimum absolute atomic E-state index is 0.0950. The Labute approximate surface area is 129 Å². The van der Waals surface area contributed by atoms with Crippen LogP contribution in [-0.2, 0) is 6.42 Å². The Balaban J connectivity index is 2.02. The van der Waals surface area contributed by atoms with Crippen molar-refractivity contribution >= 4 is 28.6 Å². The largest absolute Gasteiger partial charge is 0.397 e. The average molecular weight is 303 g/mol. The average Bonchev–Trinajstić information content (AvgIpc) is 2.94. The number of thiophene rings is 1. The molecule has 1 unspecified atom stereocenters. The van der Waals surface area contributed by atoms with Crippen molar-refractivity contribution in [3.05, 3.63) is 46.2 Å². The zero-order valence-corrected chi connectivity index (χ0v) is 13.2. The zero-order valence-electron chi connectivity index (χ0n) is 12.3. The van der Waals surface area contributed by atoms with E-state index in [-0.39, 0.29) is 11.9 Å². The number of amides is 1. The summed E-state index contributed by atoms with van der Waals surface area (Å²) in [7, 11) is 0. The predicted molar refractivity (Wildman–Crippen MR) is 90.0 cm³/mol. The summed E-state index contributed by atoms with van der Waals surface area (Å²) in [5.74, 6) is -0.0950. The quantitative estimate of drug-likeness (QED) is 0.718. The second kappa shape index (κ2) is 7.13. The normalized spacial score (nSPS) is 11.9. The lowest BCUT2D eigenvalue weighted by molar-refractivity contribution is 0.0956. The highest BCUT2D eigenvalue weighted by Crippen LogP contribution is 2.22.